The molecule has 0 N–H and O–H groups in total. The SMILES string of the molecule is c1ccc(-c2nc(-c3ccc(-c4ccc(-c5nc6ccc7ccccc7c6c6c5oc5ccccc56)cc4)cc3)cc(-c3cccc(-n4c5ccccc5c5ccccc54)c3)n2)cc1.c1ccc(-c2nc(-c3ccc(-c4ccc(-c5nc6ccc7ccccc7c6c6c5oc5ccccc56)cc4)cc3)nc(-c3cccc(-n4c5ccccc5c5ccccc54)c3)n2)cc1. The number of fused-ring (bicyclic) bond motifs is 20. The number of rotatable bonds is 12. The van der Waals surface area contributed by atoms with Crippen molar-refractivity contribution in [3.8, 4) is 124 Å². The predicted octanol–water partition coefficient (Wildman–Crippen LogP) is 30.4. The van der Waals surface area contributed by atoms with Crippen molar-refractivity contribution in [2.24, 2.45) is 0 Å². The quantitative estimate of drug-likeness (QED) is 0.110. The molecular weight excluding hydrogens is 1560 g/mol. The van der Waals surface area contributed by atoms with Gasteiger partial charge in [-0.3, -0.25) is 0 Å². The standard InChI is InChI=1S/C59H36N4O.C58H35N5O/c1-2-14-42(15-3-1)59-61-50(36-51(62-59)43-16-12-17-44(35-43)63-52-22-9-6-19-46(52)47-20-7-10-23-53(47)63)40-29-25-37(26-30-40)38-27-31-41(32-28-38)57-58-56(48-21-8-11-24-54(48)64-58)55-45-18-5-4-13-39(45)33-34-49(55)60-57;1-2-14-40(15-3-1)56-60-57(62-58(61-56)42-16-12-17-43(35-42)63-49-22-9-6-19-45(49)46-20-7-10-23-50(46)63)41-31-27-37(28-32-41)36-25-29-39(30-26-36)54-55-53(47-21-8-11-24-51(47)64-55)52-44-18-5-4-13-38(44)33-34-48(52)59-54/h1-36H;1-35H. The van der Waals surface area contributed by atoms with Crippen LogP contribution in [0.3, 0.4) is 0 Å². The van der Waals surface area contributed by atoms with E-state index in [2.05, 4.69) is 367 Å². The fourth-order valence-electron chi connectivity index (χ4n) is 19.0. The molecule has 8 heterocycles. The average Bonchev–Trinajstić information content (AvgIpc) is 1.55. The second-order valence-corrected chi connectivity index (χ2v) is 32.5. The van der Waals surface area contributed by atoms with E-state index in [1.807, 2.05) is 72.8 Å². The summed E-state index contributed by atoms with van der Waals surface area (Å²) in [6.45, 7) is 0. The fraction of sp³-hybridized carbons (Fsp3) is 0. The highest BCUT2D eigenvalue weighted by Crippen LogP contribution is 2.46. The summed E-state index contributed by atoms with van der Waals surface area (Å²) >= 11 is 0. The molecule has 26 rings (SSSR count). The van der Waals surface area contributed by atoms with Gasteiger partial charge in [0, 0.05) is 110 Å². The van der Waals surface area contributed by atoms with Crippen molar-refractivity contribution in [1.29, 1.82) is 0 Å². The summed E-state index contributed by atoms with van der Waals surface area (Å²) in [4.78, 5) is 36.1. The first kappa shape index (κ1) is 73.3. The molecule has 0 saturated heterocycles. The summed E-state index contributed by atoms with van der Waals surface area (Å²) in [6, 6.07) is 150. The van der Waals surface area contributed by atoms with Gasteiger partial charge >= 0.3 is 0 Å². The van der Waals surface area contributed by atoms with Crippen LogP contribution < -0.4 is 0 Å². The van der Waals surface area contributed by atoms with Gasteiger partial charge in [-0.25, -0.2) is 34.9 Å². The predicted molar refractivity (Wildman–Crippen MR) is 525 cm³/mol. The minimum absolute atomic E-state index is 0.609. The number of furan rings is 2. The molecular formula is C117H71N9O2. The molecule has 8 aromatic heterocycles. The fourth-order valence-corrected chi connectivity index (χ4v) is 19.0. The van der Waals surface area contributed by atoms with Crippen LogP contribution in [0.1, 0.15) is 0 Å². The highest BCUT2D eigenvalue weighted by Gasteiger charge is 2.25. The third-order valence-corrected chi connectivity index (χ3v) is 25.1. The lowest BCUT2D eigenvalue weighted by molar-refractivity contribution is 0.668. The minimum Gasteiger partial charge on any atom is -0.454 e. The van der Waals surface area contributed by atoms with Crippen LogP contribution in [0.5, 0.6) is 0 Å². The number of nitrogens with zero attached hydrogens (tertiary/aromatic N) is 9. The summed E-state index contributed by atoms with van der Waals surface area (Å²) in [5, 5.41) is 16.2. The zero-order chi connectivity index (χ0) is 84.3. The van der Waals surface area contributed by atoms with E-state index in [9.17, 15) is 0 Å². The van der Waals surface area contributed by atoms with Crippen molar-refractivity contribution in [2.45, 2.75) is 0 Å². The maximum Gasteiger partial charge on any atom is 0.164 e. The van der Waals surface area contributed by atoms with Crippen molar-refractivity contribution in [1.82, 2.24) is 44.0 Å². The van der Waals surface area contributed by atoms with Gasteiger partial charge in [0.1, 0.15) is 22.6 Å². The normalized spacial score (nSPS) is 11.8. The Bertz CT molecular complexity index is 8300. The summed E-state index contributed by atoms with van der Waals surface area (Å²) in [5.74, 6) is 2.53. The maximum absolute atomic E-state index is 6.62. The van der Waals surface area contributed by atoms with Gasteiger partial charge in [0.2, 0.25) is 0 Å². The second-order valence-electron chi connectivity index (χ2n) is 32.5. The summed E-state index contributed by atoms with van der Waals surface area (Å²) in [5.41, 5.74) is 27.5. The van der Waals surface area contributed by atoms with Crippen molar-refractivity contribution < 1.29 is 8.83 Å². The van der Waals surface area contributed by atoms with Crippen molar-refractivity contribution in [2.75, 3.05) is 0 Å². The number of para-hydroxylation sites is 6. The Labute approximate surface area is 733 Å². The van der Waals surface area contributed by atoms with Crippen LogP contribution in [0, 0.1) is 0 Å². The molecule has 0 radical (unpaired) electrons. The van der Waals surface area contributed by atoms with Crippen LogP contribution in [0.15, 0.2) is 440 Å². The van der Waals surface area contributed by atoms with Crippen LogP contribution in [-0.2, 0) is 0 Å². The first-order valence-corrected chi connectivity index (χ1v) is 43.1. The number of hydrogen-bond acceptors (Lipinski definition) is 9. The molecule has 11 nitrogen and oxygen atoms in total. The highest BCUT2D eigenvalue weighted by molar-refractivity contribution is 6.29. The molecule has 0 saturated carbocycles. The van der Waals surface area contributed by atoms with Crippen molar-refractivity contribution in [3.05, 3.63) is 431 Å². The summed E-state index contributed by atoms with van der Waals surface area (Å²) < 4.78 is 17.9. The lowest BCUT2D eigenvalue weighted by Gasteiger charge is -2.12. The molecule has 596 valence electrons. The Morgan fingerprint density at radius 1 is 0.180 bits per heavy atom. The molecule has 0 aliphatic carbocycles. The van der Waals surface area contributed by atoms with Gasteiger partial charge in [-0.05, 0) is 123 Å². The summed E-state index contributed by atoms with van der Waals surface area (Å²) in [7, 11) is 0. The number of pyridine rings is 2. The number of hydrogen-bond donors (Lipinski definition) is 0. The van der Waals surface area contributed by atoms with Crippen LogP contribution in [0.4, 0.5) is 0 Å². The summed E-state index contributed by atoms with van der Waals surface area (Å²) in [6.07, 6.45) is 0. The zero-order valence-corrected chi connectivity index (χ0v) is 68.8. The molecule has 0 aliphatic rings. The zero-order valence-electron chi connectivity index (χ0n) is 68.8. The van der Waals surface area contributed by atoms with E-state index in [1.54, 1.807) is 0 Å². The van der Waals surface area contributed by atoms with Crippen LogP contribution in [-0.4, -0.2) is 44.0 Å². The molecule has 0 unspecified atom stereocenters. The van der Waals surface area contributed by atoms with Crippen molar-refractivity contribution in [3.63, 3.8) is 0 Å². The first-order valence-electron chi connectivity index (χ1n) is 43.1. The van der Waals surface area contributed by atoms with Gasteiger partial charge in [-0.2, -0.15) is 0 Å². The van der Waals surface area contributed by atoms with E-state index >= 15 is 0 Å². The van der Waals surface area contributed by atoms with Gasteiger partial charge in [0.05, 0.1) is 44.5 Å². The molecule has 0 spiro atoms. The van der Waals surface area contributed by atoms with Crippen LogP contribution >= 0.6 is 0 Å². The molecule has 0 amide bonds. The van der Waals surface area contributed by atoms with E-state index < -0.39 is 0 Å². The van der Waals surface area contributed by atoms with Gasteiger partial charge < -0.3 is 18.0 Å². The molecule has 0 aliphatic heterocycles. The topological polar surface area (TPSA) is 126 Å². The smallest absolute Gasteiger partial charge is 0.164 e. The largest absolute Gasteiger partial charge is 0.454 e. The Morgan fingerprint density at radius 3 is 0.914 bits per heavy atom. The lowest BCUT2D eigenvalue weighted by atomic mass is 9.97. The average molecular weight is 1630 g/mol. The molecule has 11 heteroatoms. The third kappa shape index (κ3) is 12.5. The van der Waals surface area contributed by atoms with Crippen LogP contribution in [0.25, 0.3) is 255 Å². The molecule has 0 atom stereocenters. The molecule has 18 aromatic carbocycles. The van der Waals surface area contributed by atoms with E-state index in [-0.39, 0.29) is 0 Å². The van der Waals surface area contributed by atoms with E-state index in [0.717, 1.165) is 178 Å². The van der Waals surface area contributed by atoms with Gasteiger partial charge in [-0.15, -0.1) is 0 Å². The van der Waals surface area contributed by atoms with Crippen LogP contribution in [0.2, 0.25) is 0 Å². The number of benzene rings is 18. The van der Waals surface area contributed by atoms with Gasteiger partial charge in [0.15, 0.2) is 34.5 Å². The molecule has 26 aromatic rings. The maximum atomic E-state index is 6.62. The molecule has 0 bridgehead atoms. The monoisotopic (exact) mass is 1630 g/mol. The van der Waals surface area contributed by atoms with Crippen molar-refractivity contribution >= 4 is 131 Å². The molecule has 128 heavy (non-hydrogen) atoms. The Hall–Kier alpha value is -17.4. The Morgan fingerprint density at radius 2 is 0.484 bits per heavy atom. The second kappa shape index (κ2) is 30.3. The first-order chi connectivity index (χ1) is 63.4. The van der Waals surface area contributed by atoms with E-state index in [4.69, 9.17) is 43.7 Å². The lowest BCUT2D eigenvalue weighted by Crippen LogP contribution is -2.01. The third-order valence-electron chi connectivity index (χ3n) is 25.1. The Kier molecular flexibility index (Phi) is 17.3. The van der Waals surface area contributed by atoms with E-state index in [0.29, 0.717) is 23.3 Å². The molecule has 0 fully saturated rings. The van der Waals surface area contributed by atoms with Gasteiger partial charge in [0.25, 0.3) is 0 Å². The van der Waals surface area contributed by atoms with Gasteiger partial charge in [-0.1, -0.05) is 352 Å². The highest BCUT2D eigenvalue weighted by atomic mass is 16.3. The number of aromatic nitrogens is 9. The Balaban J connectivity index is 0.000000139. The minimum atomic E-state index is 0.609. The van der Waals surface area contributed by atoms with E-state index in [1.165, 1.54) is 54.1 Å².